The van der Waals surface area contributed by atoms with Crippen LogP contribution >= 0.6 is 15.9 Å². The lowest BCUT2D eigenvalue weighted by atomic mass is 9.91. The van der Waals surface area contributed by atoms with E-state index in [1.165, 1.54) is 43.3 Å². The molecular formula is C13H16BrN3. The summed E-state index contributed by atoms with van der Waals surface area (Å²) >= 11 is 3.50. The van der Waals surface area contributed by atoms with Crippen molar-refractivity contribution >= 4 is 26.8 Å². The Morgan fingerprint density at radius 2 is 2.12 bits per heavy atom. The Morgan fingerprint density at radius 3 is 2.94 bits per heavy atom. The Bertz CT molecular complexity index is 514. The fourth-order valence-electron chi connectivity index (χ4n) is 2.57. The van der Waals surface area contributed by atoms with E-state index in [0.717, 1.165) is 16.0 Å². The number of rotatable bonds is 2. The number of benzene rings is 1. The first-order chi connectivity index (χ1) is 8.33. The molecule has 3 rings (SSSR count). The van der Waals surface area contributed by atoms with Gasteiger partial charge in [-0.15, -0.1) is 0 Å². The first-order valence-corrected chi connectivity index (χ1v) is 6.95. The summed E-state index contributed by atoms with van der Waals surface area (Å²) < 4.78 is 0.986. The molecule has 90 valence electrons. The van der Waals surface area contributed by atoms with Gasteiger partial charge in [-0.05, 0) is 71.9 Å². The van der Waals surface area contributed by atoms with Crippen LogP contribution in [0.3, 0.4) is 0 Å². The van der Waals surface area contributed by atoms with Crippen LogP contribution in [0.4, 0.5) is 0 Å². The number of hydrogen-bond donors (Lipinski definition) is 2. The van der Waals surface area contributed by atoms with E-state index in [1.807, 2.05) is 0 Å². The van der Waals surface area contributed by atoms with Gasteiger partial charge >= 0.3 is 0 Å². The van der Waals surface area contributed by atoms with Crippen LogP contribution in [-0.2, 0) is 6.42 Å². The Labute approximate surface area is 109 Å². The van der Waals surface area contributed by atoms with Gasteiger partial charge in [0, 0.05) is 5.39 Å². The van der Waals surface area contributed by atoms with E-state index in [9.17, 15) is 0 Å². The monoisotopic (exact) mass is 293 g/mol. The molecule has 0 spiro atoms. The quantitative estimate of drug-likeness (QED) is 0.894. The van der Waals surface area contributed by atoms with E-state index < -0.39 is 0 Å². The first kappa shape index (κ1) is 11.2. The number of halogens is 1. The summed E-state index contributed by atoms with van der Waals surface area (Å²) in [5.74, 6) is 0.833. The summed E-state index contributed by atoms with van der Waals surface area (Å²) in [6, 6.07) is 6.57. The van der Waals surface area contributed by atoms with Crippen molar-refractivity contribution in [3.05, 3.63) is 28.4 Å². The van der Waals surface area contributed by atoms with Crippen molar-refractivity contribution in [3.8, 4) is 0 Å². The summed E-state index contributed by atoms with van der Waals surface area (Å²) in [5, 5.41) is 11.8. The van der Waals surface area contributed by atoms with Crippen molar-refractivity contribution < 1.29 is 0 Å². The van der Waals surface area contributed by atoms with Gasteiger partial charge in [0.15, 0.2) is 0 Å². The smallest absolute Gasteiger partial charge is 0.108 e. The molecule has 0 aliphatic carbocycles. The molecule has 2 aromatic rings. The highest BCUT2D eigenvalue weighted by Crippen LogP contribution is 2.24. The lowest BCUT2D eigenvalue weighted by Gasteiger charge is -2.22. The van der Waals surface area contributed by atoms with Crippen LogP contribution in [0.25, 0.3) is 10.9 Å². The highest BCUT2D eigenvalue weighted by molar-refractivity contribution is 9.10. The van der Waals surface area contributed by atoms with Crippen LogP contribution in [0.15, 0.2) is 22.8 Å². The molecule has 0 unspecified atom stereocenters. The van der Waals surface area contributed by atoms with Crippen molar-refractivity contribution in [2.45, 2.75) is 19.3 Å². The van der Waals surface area contributed by atoms with Gasteiger partial charge in [0.1, 0.15) is 4.60 Å². The minimum atomic E-state index is 0.833. The van der Waals surface area contributed by atoms with Gasteiger partial charge < -0.3 is 5.32 Å². The minimum absolute atomic E-state index is 0.833. The first-order valence-electron chi connectivity index (χ1n) is 6.16. The number of piperidine rings is 1. The Balaban J connectivity index is 1.82. The molecule has 1 aromatic carbocycles. The number of nitrogens with one attached hydrogen (secondary N) is 2. The third-order valence-corrected chi connectivity index (χ3v) is 4.16. The van der Waals surface area contributed by atoms with Gasteiger partial charge in [0.05, 0.1) is 5.52 Å². The van der Waals surface area contributed by atoms with Crippen molar-refractivity contribution in [1.82, 2.24) is 15.5 Å². The fourth-order valence-corrected chi connectivity index (χ4v) is 2.98. The average Bonchev–Trinajstić information content (AvgIpc) is 2.73. The Morgan fingerprint density at radius 1 is 1.29 bits per heavy atom. The topological polar surface area (TPSA) is 40.7 Å². The van der Waals surface area contributed by atoms with Gasteiger partial charge in [0.2, 0.25) is 0 Å². The number of H-pyrrole nitrogens is 1. The van der Waals surface area contributed by atoms with Crippen LogP contribution in [0, 0.1) is 5.92 Å². The highest BCUT2D eigenvalue weighted by Gasteiger charge is 2.14. The molecule has 0 bridgehead atoms. The molecule has 0 saturated carbocycles. The molecule has 1 aliphatic heterocycles. The zero-order valence-electron chi connectivity index (χ0n) is 9.67. The molecular weight excluding hydrogens is 278 g/mol. The lowest BCUT2D eigenvalue weighted by molar-refractivity contribution is 0.373. The Kier molecular flexibility index (Phi) is 3.16. The number of nitrogens with zero attached hydrogens (tertiary/aromatic N) is 1. The van der Waals surface area contributed by atoms with E-state index >= 15 is 0 Å². The average molecular weight is 294 g/mol. The molecule has 0 amide bonds. The molecule has 2 heterocycles. The van der Waals surface area contributed by atoms with Crippen LogP contribution in [0.5, 0.6) is 0 Å². The predicted octanol–water partition coefficient (Wildman–Crippen LogP) is 2.87. The van der Waals surface area contributed by atoms with Crippen LogP contribution in [0.1, 0.15) is 18.4 Å². The minimum Gasteiger partial charge on any atom is -0.317 e. The molecule has 0 atom stereocenters. The number of aromatic nitrogens is 2. The maximum atomic E-state index is 4.22. The van der Waals surface area contributed by atoms with Gasteiger partial charge in [0.25, 0.3) is 0 Å². The zero-order chi connectivity index (χ0) is 11.7. The van der Waals surface area contributed by atoms with Gasteiger partial charge in [-0.3, -0.25) is 5.10 Å². The molecule has 3 nitrogen and oxygen atoms in total. The predicted molar refractivity (Wildman–Crippen MR) is 73.1 cm³/mol. The normalized spacial score (nSPS) is 17.7. The lowest BCUT2D eigenvalue weighted by Crippen LogP contribution is -2.28. The third-order valence-electron chi connectivity index (χ3n) is 3.56. The fraction of sp³-hybridized carbons (Fsp3) is 0.462. The van der Waals surface area contributed by atoms with E-state index in [2.05, 4.69) is 49.6 Å². The largest absolute Gasteiger partial charge is 0.317 e. The molecule has 2 N–H and O–H groups in total. The van der Waals surface area contributed by atoms with Crippen molar-refractivity contribution in [3.63, 3.8) is 0 Å². The highest BCUT2D eigenvalue weighted by atomic mass is 79.9. The molecule has 17 heavy (non-hydrogen) atoms. The van der Waals surface area contributed by atoms with Gasteiger partial charge in [-0.1, -0.05) is 6.07 Å². The summed E-state index contributed by atoms with van der Waals surface area (Å²) in [7, 11) is 0. The van der Waals surface area contributed by atoms with Gasteiger partial charge in [-0.25, -0.2) is 0 Å². The van der Waals surface area contributed by atoms with E-state index in [1.54, 1.807) is 0 Å². The second-order valence-electron chi connectivity index (χ2n) is 4.79. The summed E-state index contributed by atoms with van der Waals surface area (Å²) in [4.78, 5) is 0. The third kappa shape index (κ3) is 2.38. The van der Waals surface area contributed by atoms with Crippen LogP contribution < -0.4 is 5.32 Å². The van der Waals surface area contributed by atoms with E-state index in [4.69, 9.17) is 0 Å². The van der Waals surface area contributed by atoms with Crippen LogP contribution in [0.2, 0.25) is 0 Å². The molecule has 4 heteroatoms. The summed E-state index contributed by atoms with van der Waals surface area (Å²) in [5.41, 5.74) is 2.46. The summed E-state index contributed by atoms with van der Waals surface area (Å²) in [6.45, 7) is 2.34. The van der Waals surface area contributed by atoms with Crippen LogP contribution in [-0.4, -0.2) is 23.3 Å². The Hall–Kier alpha value is -0.870. The molecule has 1 aromatic heterocycles. The van der Waals surface area contributed by atoms with Crippen molar-refractivity contribution in [2.24, 2.45) is 5.92 Å². The van der Waals surface area contributed by atoms with Gasteiger partial charge in [-0.2, -0.15) is 5.10 Å². The van der Waals surface area contributed by atoms with E-state index in [-0.39, 0.29) is 0 Å². The van der Waals surface area contributed by atoms with Crippen molar-refractivity contribution in [2.75, 3.05) is 13.1 Å². The molecule has 1 saturated heterocycles. The standard InChI is InChI=1S/C13H16BrN3/c14-13-11-8-10(1-2-12(11)16-17-13)7-9-3-5-15-6-4-9/h1-2,8-9,15H,3-7H2,(H,16,17). The maximum Gasteiger partial charge on any atom is 0.108 e. The maximum absolute atomic E-state index is 4.22. The molecule has 1 aliphatic rings. The number of hydrogen-bond acceptors (Lipinski definition) is 2. The van der Waals surface area contributed by atoms with E-state index in [0.29, 0.717) is 0 Å². The summed E-state index contributed by atoms with van der Waals surface area (Å²) in [6.07, 6.45) is 3.78. The second kappa shape index (κ2) is 4.78. The van der Waals surface area contributed by atoms with Crippen molar-refractivity contribution in [1.29, 1.82) is 0 Å². The SMILES string of the molecule is Brc1[nH]nc2ccc(CC3CCNCC3)cc12. The second-order valence-corrected chi connectivity index (χ2v) is 5.58. The molecule has 0 radical (unpaired) electrons. The zero-order valence-corrected chi connectivity index (χ0v) is 11.3. The molecule has 1 fully saturated rings. The number of fused-ring (bicyclic) bond motifs is 1. The number of aromatic amines is 1.